The maximum Gasteiger partial charge on any atom is 0.328 e. The molecule has 0 spiro atoms. The van der Waals surface area contributed by atoms with Gasteiger partial charge in [-0.25, -0.2) is 14.8 Å². The average molecular weight is 249 g/mol. The SMILES string of the molecule is COC(=O)[C@H]1CCCN1c1ccnc(C(C)C)n1. The molecule has 98 valence electrons. The van der Waals surface area contributed by atoms with Gasteiger partial charge in [-0.2, -0.15) is 0 Å². The highest BCUT2D eigenvalue weighted by Crippen LogP contribution is 2.25. The molecule has 1 atom stereocenters. The maximum absolute atomic E-state index is 11.7. The molecule has 0 saturated carbocycles. The van der Waals surface area contributed by atoms with Crippen LogP contribution < -0.4 is 4.90 Å². The van der Waals surface area contributed by atoms with Gasteiger partial charge in [-0.15, -0.1) is 0 Å². The Balaban J connectivity index is 2.24. The van der Waals surface area contributed by atoms with E-state index in [-0.39, 0.29) is 17.9 Å². The first-order valence-electron chi connectivity index (χ1n) is 6.31. The van der Waals surface area contributed by atoms with Gasteiger partial charge in [0.15, 0.2) is 0 Å². The Morgan fingerprint density at radius 3 is 3.00 bits per heavy atom. The molecule has 1 aromatic rings. The molecule has 2 heterocycles. The lowest BCUT2D eigenvalue weighted by molar-refractivity contribution is -0.141. The predicted molar refractivity (Wildman–Crippen MR) is 68.5 cm³/mol. The van der Waals surface area contributed by atoms with Crippen molar-refractivity contribution in [2.75, 3.05) is 18.6 Å². The van der Waals surface area contributed by atoms with Crippen LogP contribution in [0.15, 0.2) is 12.3 Å². The van der Waals surface area contributed by atoms with E-state index >= 15 is 0 Å². The van der Waals surface area contributed by atoms with Crippen LogP contribution in [0, 0.1) is 0 Å². The van der Waals surface area contributed by atoms with Crippen molar-refractivity contribution < 1.29 is 9.53 Å². The van der Waals surface area contributed by atoms with Gasteiger partial charge in [0, 0.05) is 18.7 Å². The minimum absolute atomic E-state index is 0.183. The Morgan fingerprint density at radius 1 is 1.56 bits per heavy atom. The topological polar surface area (TPSA) is 55.3 Å². The van der Waals surface area contributed by atoms with Crippen LogP contribution in [0.2, 0.25) is 0 Å². The highest BCUT2D eigenvalue weighted by atomic mass is 16.5. The van der Waals surface area contributed by atoms with E-state index in [1.54, 1.807) is 6.20 Å². The van der Waals surface area contributed by atoms with E-state index in [9.17, 15) is 4.79 Å². The van der Waals surface area contributed by atoms with Crippen LogP contribution in [0.4, 0.5) is 5.82 Å². The smallest absolute Gasteiger partial charge is 0.328 e. The van der Waals surface area contributed by atoms with E-state index in [0.717, 1.165) is 31.0 Å². The van der Waals surface area contributed by atoms with Gasteiger partial charge < -0.3 is 9.64 Å². The van der Waals surface area contributed by atoms with Crippen LogP contribution >= 0.6 is 0 Å². The fourth-order valence-corrected chi connectivity index (χ4v) is 2.22. The van der Waals surface area contributed by atoms with Crippen molar-refractivity contribution in [1.29, 1.82) is 0 Å². The minimum Gasteiger partial charge on any atom is -0.467 e. The molecule has 0 aromatic carbocycles. The van der Waals surface area contributed by atoms with Gasteiger partial charge in [-0.05, 0) is 18.9 Å². The number of nitrogens with zero attached hydrogens (tertiary/aromatic N) is 3. The van der Waals surface area contributed by atoms with Crippen LogP contribution in [0.3, 0.4) is 0 Å². The molecule has 0 amide bonds. The second kappa shape index (κ2) is 5.33. The molecular weight excluding hydrogens is 230 g/mol. The minimum atomic E-state index is -0.204. The van der Waals surface area contributed by atoms with Crippen molar-refractivity contribution in [3.8, 4) is 0 Å². The normalized spacial score (nSPS) is 19.3. The summed E-state index contributed by atoms with van der Waals surface area (Å²) in [6.07, 6.45) is 3.57. The van der Waals surface area contributed by atoms with E-state index in [1.165, 1.54) is 7.11 Å². The molecule has 0 aliphatic carbocycles. The van der Waals surface area contributed by atoms with E-state index < -0.39 is 0 Å². The fourth-order valence-electron chi connectivity index (χ4n) is 2.22. The molecular formula is C13H19N3O2. The van der Waals surface area contributed by atoms with E-state index in [4.69, 9.17) is 4.74 Å². The summed E-state index contributed by atoms with van der Waals surface area (Å²) in [5.41, 5.74) is 0. The van der Waals surface area contributed by atoms with Crippen LogP contribution in [-0.2, 0) is 9.53 Å². The number of carbonyl (C=O) groups excluding carboxylic acids is 1. The summed E-state index contributed by atoms with van der Waals surface area (Å²) in [5, 5.41) is 0. The molecule has 5 heteroatoms. The zero-order valence-corrected chi connectivity index (χ0v) is 11.1. The molecule has 1 fully saturated rings. The van der Waals surface area contributed by atoms with Gasteiger partial charge in [0.05, 0.1) is 7.11 Å². The second-order valence-electron chi connectivity index (χ2n) is 4.80. The lowest BCUT2D eigenvalue weighted by atomic mass is 10.2. The third kappa shape index (κ3) is 2.44. The maximum atomic E-state index is 11.7. The van der Waals surface area contributed by atoms with Crippen molar-refractivity contribution in [3.05, 3.63) is 18.1 Å². The summed E-state index contributed by atoms with van der Waals surface area (Å²) in [5.74, 6) is 1.73. The number of hydrogen-bond donors (Lipinski definition) is 0. The lowest BCUT2D eigenvalue weighted by Gasteiger charge is -2.24. The number of rotatable bonds is 3. The molecule has 0 N–H and O–H groups in total. The molecule has 18 heavy (non-hydrogen) atoms. The summed E-state index contributed by atoms with van der Waals surface area (Å²) >= 11 is 0. The standard InChI is InChI=1S/C13H19N3O2/c1-9(2)12-14-7-6-11(15-12)16-8-4-5-10(16)13(17)18-3/h6-7,9-10H,4-5,8H2,1-3H3/t10-/m1/s1. The number of aromatic nitrogens is 2. The second-order valence-corrected chi connectivity index (χ2v) is 4.80. The number of ether oxygens (including phenoxy) is 1. The Morgan fingerprint density at radius 2 is 2.33 bits per heavy atom. The van der Waals surface area contributed by atoms with Crippen LogP contribution in [0.5, 0.6) is 0 Å². The molecule has 2 rings (SSSR count). The molecule has 1 aromatic heterocycles. The Bertz CT molecular complexity index is 434. The summed E-state index contributed by atoms with van der Waals surface area (Å²) in [4.78, 5) is 22.5. The monoisotopic (exact) mass is 249 g/mol. The molecule has 1 aliphatic rings. The summed E-state index contributed by atoms with van der Waals surface area (Å²) in [7, 11) is 1.43. The van der Waals surface area contributed by atoms with Crippen LogP contribution in [0.25, 0.3) is 0 Å². The number of anilines is 1. The summed E-state index contributed by atoms with van der Waals surface area (Å²) in [6, 6.07) is 1.65. The third-order valence-electron chi connectivity index (χ3n) is 3.20. The lowest BCUT2D eigenvalue weighted by Crippen LogP contribution is -2.37. The van der Waals surface area contributed by atoms with Crippen molar-refractivity contribution in [3.63, 3.8) is 0 Å². The quantitative estimate of drug-likeness (QED) is 0.764. The fraction of sp³-hybridized carbons (Fsp3) is 0.615. The Hall–Kier alpha value is -1.65. The first-order valence-corrected chi connectivity index (χ1v) is 6.31. The van der Waals surface area contributed by atoms with Crippen molar-refractivity contribution in [2.45, 2.75) is 38.6 Å². The summed E-state index contributed by atoms with van der Waals surface area (Å²) in [6.45, 7) is 4.95. The molecule has 1 aliphatic heterocycles. The highest BCUT2D eigenvalue weighted by Gasteiger charge is 2.32. The van der Waals surface area contributed by atoms with Gasteiger partial charge in [0.25, 0.3) is 0 Å². The number of carbonyl (C=O) groups is 1. The number of hydrogen-bond acceptors (Lipinski definition) is 5. The molecule has 5 nitrogen and oxygen atoms in total. The van der Waals surface area contributed by atoms with Gasteiger partial charge in [-0.3, -0.25) is 0 Å². The van der Waals surface area contributed by atoms with E-state index in [2.05, 4.69) is 23.8 Å². The zero-order chi connectivity index (χ0) is 13.1. The van der Waals surface area contributed by atoms with E-state index in [1.807, 2.05) is 11.0 Å². The van der Waals surface area contributed by atoms with Gasteiger partial charge in [0.1, 0.15) is 17.7 Å². The zero-order valence-electron chi connectivity index (χ0n) is 11.1. The molecule has 0 radical (unpaired) electrons. The van der Waals surface area contributed by atoms with Gasteiger partial charge in [0.2, 0.25) is 0 Å². The average Bonchev–Trinajstić information content (AvgIpc) is 2.87. The Kier molecular flexibility index (Phi) is 3.79. The predicted octanol–water partition coefficient (Wildman–Crippen LogP) is 1.74. The largest absolute Gasteiger partial charge is 0.467 e. The number of esters is 1. The van der Waals surface area contributed by atoms with Crippen molar-refractivity contribution in [2.24, 2.45) is 0 Å². The van der Waals surface area contributed by atoms with Crippen LogP contribution in [-0.4, -0.2) is 35.6 Å². The summed E-state index contributed by atoms with van der Waals surface area (Å²) < 4.78 is 4.84. The van der Waals surface area contributed by atoms with Crippen molar-refractivity contribution in [1.82, 2.24) is 9.97 Å². The molecule has 1 saturated heterocycles. The van der Waals surface area contributed by atoms with Crippen molar-refractivity contribution >= 4 is 11.8 Å². The molecule has 0 bridgehead atoms. The van der Waals surface area contributed by atoms with Gasteiger partial charge >= 0.3 is 5.97 Å². The number of methoxy groups -OCH3 is 1. The third-order valence-corrected chi connectivity index (χ3v) is 3.20. The van der Waals surface area contributed by atoms with Crippen LogP contribution in [0.1, 0.15) is 38.4 Å². The first kappa shape index (κ1) is 12.8. The van der Waals surface area contributed by atoms with E-state index in [0.29, 0.717) is 0 Å². The first-order chi connectivity index (χ1) is 8.63. The van der Waals surface area contributed by atoms with Gasteiger partial charge in [-0.1, -0.05) is 13.8 Å². The Labute approximate surface area is 107 Å². The highest BCUT2D eigenvalue weighted by molar-refractivity contribution is 5.80. The molecule has 0 unspecified atom stereocenters.